The average molecular weight is 266 g/mol. The van der Waals surface area contributed by atoms with Gasteiger partial charge >= 0.3 is 0 Å². The van der Waals surface area contributed by atoms with Crippen molar-refractivity contribution in [1.82, 2.24) is 10.6 Å². The van der Waals surface area contributed by atoms with Gasteiger partial charge in [0.1, 0.15) is 0 Å². The Bertz CT molecular complexity index is 324. The smallest absolute Gasteiger partial charge is 0.224 e. The lowest BCUT2D eigenvalue weighted by Crippen LogP contribution is -2.38. The van der Waals surface area contributed by atoms with Gasteiger partial charge in [0, 0.05) is 12.6 Å². The highest BCUT2D eigenvalue weighted by Gasteiger charge is 2.48. The molecule has 19 heavy (non-hydrogen) atoms. The number of hydrogen-bond donors (Lipinski definition) is 2. The van der Waals surface area contributed by atoms with Crippen LogP contribution in [0.4, 0.5) is 0 Å². The molecule has 0 radical (unpaired) electrons. The fourth-order valence-electron chi connectivity index (χ4n) is 2.85. The maximum atomic E-state index is 12.0. The van der Waals surface area contributed by atoms with E-state index in [2.05, 4.69) is 17.6 Å². The summed E-state index contributed by atoms with van der Waals surface area (Å²) in [6, 6.07) is 0.352. The van der Waals surface area contributed by atoms with Crippen LogP contribution in [-0.2, 0) is 9.59 Å². The maximum absolute atomic E-state index is 12.0. The molecule has 2 unspecified atom stereocenters. The summed E-state index contributed by atoms with van der Waals surface area (Å²) in [5.41, 5.74) is 0. The Kier molecular flexibility index (Phi) is 5.23. The lowest BCUT2D eigenvalue weighted by Gasteiger charge is -2.22. The van der Waals surface area contributed by atoms with E-state index in [9.17, 15) is 9.59 Å². The Hall–Kier alpha value is -1.06. The molecular weight excluding hydrogens is 240 g/mol. The third-order valence-corrected chi connectivity index (χ3v) is 4.25. The zero-order valence-electron chi connectivity index (χ0n) is 11.9. The van der Waals surface area contributed by atoms with Crippen LogP contribution in [0.25, 0.3) is 0 Å². The van der Waals surface area contributed by atoms with E-state index in [1.165, 1.54) is 19.3 Å². The summed E-state index contributed by atoms with van der Waals surface area (Å²) >= 11 is 0. The van der Waals surface area contributed by atoms with Gasteiger partial charge in [-0.25, -0.2) is 0 Å². The Morgan fingerprint density at radius 1 is 1.05 bits per heavy atom. The standard InChI is InChI=1S/C15H26N2O2/c1-2-3-9-16-14(18)12-10-13(12)15(19)17-11-7-5-4-6-8-11/h11-13H,2-10H2,1H3,(H,16,18)(H,17,19). The largest absolute Gasteiger partial charge is 0.356 e. The molecule has 4 nitrogen and oxygen atoms in total. The van der Waals surface area contributed by atoms with Crippen molar-refractivity contribution in [3.05, 3.63) is 0 Å². The molecule has 0 aromatic heterocycles. The van der Waals surface area contributed by atoms with E-state index >= 15 is 0 Å². The second-order valence-corrected chi connectivity index (χ2v) is 5.94. The zero-order chi connectivity index (χ0) is 13.7. The molecule has 2 atom stereocenters. The third kappa shape index (κ3) is 4.22. The van der Waals surface area contributed by atoms with E-state index in [1.807, 2.05) is 0 Å². The van der Waals surface area contributed by atoms with Crippen LogP contribution in [0.3, 0.4) is 0 Å². The van der Waals surface area contributed by atoms with Crippen LogP contribution in [0.2, 0.25) is 0 Å². The fraction of sp³-hybridized carbons (Fsp3) is 0.867. The summed E-state index contributed by atoms with van der Waals surface area (Å²) in [6.07, 6.45) is 8.76. The predicted molar refractivity (Wildman–Crippen MR) is 74.5 cm³/mol. The molecule has 0 aliphatic heterocycles. The first-order chi connectivity index (χ1) is 9.22. The molecule has 0 spiro atoms. The highest BCUT2D eigenvalue weighted by Crippen LogP contribution is 2.39. The molecule has 0 heterocycles. The molecule has 2 aliphatic carbocycles. The van der Waals surface area contributed by atoms with Crippen molar-refractivity contribution in [3.8, 4) is 0 Å². The molecule has 108 valence electrons. The van der Waals surface area contributed by atoms with Crippen molar-refractivity contribution < 1.29 is 9.59 Å². The molecule has 0 bridgehead atoms. The molecule has 2 amide bonds. The first-order valence-electron chi connectivity index (χ1n) is 7.80. The van der Waals surface area contributed by atoms with Gasteiger partial charge in [-0.15, -0.1) is 0 Å². The van der Waals surface area contributed by atoms with Crippen LogP contribution in [0.5, 0.6) is 0 Å². The lowest BCUT2D eigenvalue weighted by atomic mass is 9.95. The third-order valence-electron chi connectivity index (χ3n) is 4.25. The normalized spacial score (nSPS) is 26.8. The fourth-order valence-corrected chi connectivity index (χ4v) is 2.85. The number of nitrogens with one attached hydrogen (secondary N) is 2. The lowest BCUT2D eigenvalue weighted by molar-refractivity contribution is -0.127. The van der Waals surface area contributed by atoms with Gasteiger partial charge in [-0.1, -0.05) is 32.6 Å². The molecule has 4 heteroatoms. The Morgan fingerprint density at radius 2 is 1.74 bits per heavy atom. The van der Waals surface area contributed by atoms with Crippen LogP contribution >= 0.6 is 0 Å². The number of hydrogen-bond acceptors (Lipinski definition) is 2. The van der Waals surface area contributed by atoms with E-state index in [1.54, 1.807) is 0 Å². The zero-order valence-corrected chi connectivity index (χ0v) is 11.9. The molecule has 2 fully saturated rings. The number of carbonyl (C=O) groups is 2. The first kappa shape index (κ1) is 14.4. The number of amides is 2. The molecule has 2 N–H and O–H groups in total. The molecule has 0 saturated heterocycles. The Labute approximate surface area is 115 Å². The molecule has 2 saturated carbocycles. The van der Waals surface area contributed by atoms with E-state index < -0.39 is 0 Å². The quantitative estimate of drug-likeness (QED) is 0.722. The van der Waals surface area contributed by atoms with Crippen LogP contribution in [0, 0.1) is 11.8 Å². The van der Waals surface area contributed by atoms with Crippen LogP contribution in [0.15, 0.2) is 0 Å². The number of carbonyl (C=O) groups excluding carboxylic acids is 2. The van der Waals surface area contributed by atoms with Gasteiger partial charge in [-0.05, 0) is 25.7 Å². The van der Waals surface area contributed by atoms with E-state index in [0.717, 1.165) is 38.6 Å². The van der Waals surface area contributed by atoms with Gasteiger partial charge in [0.15, 0.2) is 0 Å². The van der Waals surface area contributed by atoms with Gasteiger partial charge in [-0.3, -0.25) is 9.59 Å². The number of rotatable bonds is 6. The van der Waals surface area contributed by atoms with Crippen molar-refractivity contribution in [2.75, 3.05) is 6.54 Å². The summed E-state index contributed by atoms with van der Waals surface area (Å²) in [7, 11) is 0. The predicted octanol–water partition coefficient (Wildman–Crippen LogP) is 1.99. The highest BCUT2D eigenvalue weighted by molar-refractivity contribution is 5.92. The Balaban J connectivity index is 1.66. The topological polar surface area (TPSA) is 58.2 Å². The summed E-state index contributed by atoms with van der Waals surface area (Å²) in [4.78, 5) is 23.8. The summed E-state index contributed by atoms with van der Waals surface area (Å²) in [5.74, 6) is 0.0313. The second kappa shape index (κ2) is 6.92. The molecule has 2 rings (SSSR count). The van der Waals surface area contributed by atoms with E-state index in [4.69, 9.17) is 0 Å². The minimum atomic E-state index is -0.0690. The van der Waals surface area contributed by atoms with Crippen molar-refractivity contribution in [2.24, 2.45) is 11.8 Å². The van der Waals surface area contributed by atoms with Crippen molar-refractivity contribution in [3.63, 3.8) is 0 Å². The monoisotopic (exact) mass is 266 g/mol. The van der Waals surface area contributed by atoms with Gasteiger partial charge in [0.2, 0.25) is 11.8 Å². The van der Waals surface area contributed by atoms with Gasteiger partial charge in [-0.2, -0.15) is 0 Å². The number of unbranched alkanes of at least 4 members (excludes halogenated alkanes) is 1. The van der Waals surface area contributed by atoms with Crippen LogP contribution < -0.4 is 10.6 Å². The molecule has 2 aliphatic rings. The first-order valence-corrected chi connectivity index (χ1v) is 7.80. The molecule has 0 aromatic carbocycles. The second-order valence-electron chi connectivity index (χ2n) is 5.94. The summed E-state index contributed by atoms with van der Waals surface area (Å²) < 4.78 is 0. The van der Waals surface area contributed by atoms with Crippen LogP contribution in [0.1, 0.15) is 58.3 Å². The SMILES string of the molecule is CCCCNC(=O)C1CC1C(=O)NC1CCCCC1. The highest BCUT2D eigenvalue weighted by atomic mass is 16.2. The van der Waals surface area contributed by atoms with Crippen LogP contribution in [-0.4, -0.2) is 24.4 Å². The summed E-state index contributed by atoms with van der Waals surface area (Å²) in [6.45, 7) is 2.84. The minimum absolute atomic E-state index is 0.0662. The van der Waals surface area contributed by atoms with Gasteiger partial charge < -0.3 is 10.6 Å². The van der Waals surface area contributed by atoms with E-state index in [-0.39, 0.29) is 23.7 Å². The minimum Gasteiger partial charge on any atom is -0.356 e. The van der Waals surface area contributed by atoms with Gasteiger partial charge in [0.05, 0.1) is 11.8 Å². The van der Waals surface area contributed by atoms with E-state index in [0.29, 0.717) is 6.04 Å². The maximum Gasteiger partial charge on any atom is 0.224 e. The van der Waals surface area contributed by atoms with Gasteiger partial charge in [0.25, 0.3) is 0 Å². The van der Waals surface area contributed by atoms with Crippen molar-refractivity contribution >= 4 is 11.8 Å². The van der Waals surface area contributed by atoms with Crippen molar-refractivity contribution in [1.29, 1.82) is 0 Å². The Morgan fingerprint density at radius 3 is 2.42 bits per heavy atom. The molecule has 0 aromatic rings. The van der Waals surface area contributed by atoms with Crippen molar-refractivity contribution in [2.45, 2.75) is 64.3 Å². The summed E-state index contributed by atoms with van der Waals surface area (Å²) in [5, 5.41) is 6.03. The average Bonchev–Trinajstić information content (AvgIpc) is 3.20. The molecular formula is C15H26N2O2.